The van der Waals surface area contributed by atoms with Crippen LogP contribution in [0, 0.1) is 11.3 Å². The average molecular weight is 386 g/mol. The maximum atomic E-state index is 13.8. The fraction of sp³-hybridized carbons (Fsp3) is 0.240. The van der Waals surface area contributed by atoms with Crippen LogP contribution in [0.25, 0.3) is 5.57 Å². The molecule has 2 aliphatic carbocycles. The first-order valence-electron chi connectivity index (χ1n) is 9.79. The molecule has 2 aromatic rings. The number of ether oxygens (including phenoxy) is 1. The third-order valence-electron chi connectivity index (χ3n) is 5.97. The van der Waals surface area contributed by atoms with Gasteiger partial charge in [-0.05, 0) is 36.1 Å². The smallest absolute Gasteiger partial charge is 0.317 e. The summed E-state index contributed by atoms with van der Waals surface area (Å²) in [5.74, 6) is -2.72. The Hall–Kier alpha value is -3.27. The van der Waals surface area contributed by atoms with E-state index in [0.717, 1.165) is 11.1 Å². The summed E-state index contributed by atoms with van der Waals surface area (Å²) in [6.45, 7) is 5.76. The van der Waals surface area contributed by atoms with Crippen molar-refractivity contribution in [1.29, 1.82) is 0 Å². The van der Waals surface area contributed by atoms with Crippen molar-refractivity contribution in [2.45, 2.75) is 19.3 Å². The van der Waals surface area contributed by atoms with E-state index in [9.17, 15) is 14.4 Å². The van der Waals surface area contributed by atoms with Gasteiger partial charge in [-0.1, -0.05) is 60.7 Å². The molecule has 146 valence electrons. The van der Waals surface area contributed by atoms with Crippen LogP contribution >= 0.6 is 0 Å². The highest BCUT2D eigenvalue weighted by Gasteiger charge is 2.61. The Morgan fingerprint density at radius 3 is 2.38 bits per heavy atom. The number of benzene rings is 2. The van der Waals surface area contributed by atoms with Gasteiger partial charge in [0.05, 0.1) is 12.0 Å². The summed E-state index contributed by atoms with van der Waals surface area (Å²) in [4.78, 5) is 39.9. The van der Waals surface area contributed by atoms with Gasteiger partial charge in [0.25, 0.3) is 0 Å². The molecule has 0 saturated heterocycles. The zero-order chi connectivity index (χ0) is 20.6. The fourth-order valence-corrected chi connectivity index (χ4v) is 4.89. The number of fused-ring (bicyclic) bond motifs is 3. The van der Waals surface area contributed by atoms with E-state index in [0.29, 0.717) is 17.6 Å². The Morgan fingerprint density at radius 2 is 1.72 bits per heavy atom. The molecule has 3 unspecified atom stereocenters. The van der Waals surface area contributed by atoms with Crippen molar-refractivity contribution in [2.24, 2.45) is 11.3 Å². The predicted octanol–water partition coefficient (Wildman–Crippen LogP) is 4.37. The van der Waals surface area contributed by atoms with Crippen LogP contribution in [0.1, 0.15) is 40.7 Å². The van der Waals surface area contributed by atoms with Gasteiger partial charge < -0.3 is 4.74 Å². The summed E-state index contributed by atoms with van der Waals surface area (Å²) < 4.78 is 5.26. The molecule has 2 aliphatic rings. The molecular formula is C25H22O4. The molecule has 0 bridgehead atoms. The fourth-order valence-electron chi connectivity index (χ4n) is 4.89. The minimum Gasteiger partial charge on any atom is -0.465 e. The van der Waals surface area contributed by atoms with Crippen LogP contribution in [0.5, 0.6) is 0 Å². The van der Waals surface area contributed by atoms with Crippen molar-refractivity contribution in [3.63, 3.8) is 0 Å². The molecule has 0 N–H and O–H groups in total. The van der Waals surface area contributed by atoms with E-state index in [1.54, 1.807) is 19.1 Å². The molecule has 4 heteroatoms. The van der Waals surface area contributed by atoms with Crippen molar-refractivity contribution < 1.29 is 19.1 Å². The van der Waals surface area contributed by atoms with Gasteiger partial charge in [0.1, 0.15) is 5.92 Å². The van der Waals surface area contributed by atoms with Gasteiger partial charge in [-0.25, -0.2) is 0 Å². The number of hydrogen-bond donors (Lipinski definition) is 0. The first-order chi connectivity index (χ1) is 14.1. The monoisotopic (exact) mass is 386 g/mol. The lowest BCUT2D eigenvalue weighted by Gasteiger charge is -2.43. The zero-order valence-corrected chi connectivity index (χ0v) is 16.3. The number of Topliss-reactive ketones (excluding diaryl/α,β-unsaturated/α-hetero) is 1. The molecule has 4 rings (SSSR count). The van der Waals surface area contributed by atoms with Crippen molar-refractivity contribution in [3.8, 4) is 0 Å². The van der Waals surface area contributed by atoms with Crippen LogP contribution < -0.4 is 0 Å². The Kier molecular flexibility index (Phi) is 4.79. The lowest BCUT2D eigenvalue weighted by atomic mass is 9.56. The van der Waals surface area contributed by atoms with Gasteiger partial charge in [0, 0.05) is 11.5 Å². The average Bonchev–Trinajstić information content (AvgIpc) is 2.97. The molecule has 29 heavy (non-hydrogen) atoms. The molecule has 0 radical (unpaired) electrons. The summed E-state index contributed by atoms with van der Waals surface area (Å²) in [5.41, 5.74) is 1.73. The van der Waals surface area contributed by atoms with Crippen molar-refractivity contribution in [3.05, 3.63) is 90.0 Å². The molecule has 3 atom stereocenters. The molecule has 0 aromatic heterocycles. The van der Waals surface area contributed by atoms with E-state index in [1.807, 2.05) is 48.5 Å². The summed E-state index contributed by atoms with van der Waals surface area (Å²) in [6, 6.07) is 16.6. The van der Waals surface area contributed by atoms with Gasteiger partial charge in [-0.3, -0.25) is 14.4 Å². The highest BCUT2D eigenvalue weighted by Crippen LogP contribution is 2.61. The normalized spacial score (nSPS) is 25.1. The number of hydrogen-bond acceptors (Lipinski definition) is 4. The summed E-state index contributed by atoms with van der Waals surface area (Å²) >= 11 is 0. The molecular weight excluding hydrogens is 364 g/mol. The summed E-state index contributed by atoms with van der Waals surface area (Å²) in [5, 5.41) is 0. The Labute approximate surface area is 169 Å². The zero-order valence-electron chi connectivity index (χ0n) is 16.3. The van der Waals surface area contributed by atoms with Crippen LogP contribution in [0.15, 0.2) is 73.3 Å². The minimum atomic E-state index is -1.07. The molecule has 0 saturated carbocycles. The van der Waals surface area contributed by atoms with Gasteiger partial charge in [0.15, 0.2) is 11.6 Å². The molecule has 2 aromatic carbocycles. The second-order valence-electron chi connectivity index (χ2n) is 7.42. The second-order valence-corrected chi connectivity index (χ2v) is 7.42. The maximum absolute atomic E-state index is 13.8. The number of ketones is 2. The van der Waals surface area contributed by atoms with Crippen LogP contribution in [0.4, 0.5) is 0 Å². The summed E-state index contributed by atoms with van der Waals surface area (Å²) in [7, 11) is 0. The lowest BCUT2D eigenvalue weighted by Crippen LogP contribution is -2.46. The van der Waals surface area contributed by atoms with E-state index in [4.69, 9.17) is 4.74 Å². The lowest BCUT2D eigenvalue weighted by molar-refractivity contribution is -0.152. The molecule has 0 amide bonds. The molecule has 0 aliphatic heterocycles. The molecule has 4 nitrogen and oxygen atoms in total. The van der Waals surface area contributed by atoms with Crippen molar-refractivity contribution >= 4 is 23.1 Å². The van der Waals surface area contributed by atoms with E-state index in [1.165, 1.54) is 6.08 Å². The first-order valence-corrected chi connectivity index (χ1v) is 9.79. The first kappa shape index (κ1) is 19.1. The summed E-state index contributed by atoms with van der Waals surface area (Å²) in [6.07, 6.45) is 3.51. The number of carbonyl (C=O) groups is 3. The van der Waals surface area contributed by atoms with Crippen LogP contribution in [-0.4, -0.2) is 24.1 Å². The van der Waals surface area contributed by atoms with Crippen molar-refractivity contribution in [2.75, 3.05) is 6.61 Å². The van der Waals surface area contributed by atoms with Crippen LogP contribution in [-0.2, 0) is 14.3 Å². The van der Waals surface area contributed by atoms with Gasteiger partial charge in [-0.15, -0.1) is 6.58 Å². The van der Waals surface area contributed by atoms with E-state index in [-0.39, 0.29) is 18.2 Å². The third kappa shape index (κ3) is 2.70. The van der Waals surface area contributed by atoms with Gasteiger partial charge >= 0.3 is 5.97 Å². The van der Waals surface area contributed by atoms with E-state index < -0.39 is 23.2 Å². The van der Waals surface area contributed by atoms with Crippen LogP contribution in [0.2, 0.25) is 0 Å². The number of esters is 1. The Morgan fingerprint density at radius 1 is 1.07 bits per heavy atom. The quantitative estimate of drug-likeness (QED) is 0.435. The molecule has 0 heterocycles. The van der Waals surface area contributed by atoms with E-state index in [2.05, 4.69) is 6.58 Å². The third-order valence-corrected chi connectivity index (χ3v) is 5.97. The van der Waals surface area contributed by atoms with Crippen LogP contribution in [0.3, 0.4) is 0 Å². The number of allylic oxidation sites excluding steroid dienone is 3. The largest absolute Gasteiger partial charge is 0.465 e. The molecule has 0 fully saturated rings. The highest BCUT2D eigenvalue weighted by molar-refractivity contribution is 6.24. The number of carbonyl (C=O) groups excluding carboxylic acids is 3. The maximum Gasteiger partial charge on any atom is 0.317 e. The second kappa shape index (κ2) is 7.28. The topological polar surface area (TPSA) is 60.4 Å². The molecule has 0 spiro atoms. The Balaban J connectivity index is 2.03. The standard InChI is InChI=1S/C25H22O4/c1-3-14-25-19(17-12-8-9-13-18(17)23(25)27)15-20(26)21(24(28)29-4-2)22(25)16-10-6-5-7-11-16/h3,5-13,15,21-22H,1,4,14H2,2H3. The van der Waals surface area contributed by atoms with Gasteiger partial charge in [0.2, 0.25) is 0 Å². The van der Waals surface area contributed by atoms with Gasteiger partial charge in [-0.2, -0.15) is 0 Å². The highest BCUT2D eigenvalue weighted by atomic mass is 16.5. The number of rotatable bonds is 5. The Bertz CT molecular complexity index is 1030. The predicted molar refractivity (Wildman–Crippen MR) is 110 cm³/mol. The van der Waals surface area contributed by atoms with E-state index >= 15 is 0 Å². The SMILES string of the molecule is C=CCC12C(=O)c3ccccc3C1=CC(=O)C(C(=O)OCC)C2c1ccccc1. The minimum absolute atomic E-state index is 0.0742. The van der Waals surface area contributed by atoms with Crippen molar-refractivity contribution in [1.82, 2.24) is 0 Å².